The number of hydrogen-bond acceptors (Lipinski definition) is 3. The van der Waals surface area contributed by atoms with E-state index in [0.29, 0.717) is 32.0 Å². The van der Waals surface area contributed by atoms with Gasteiger partial charge in [-0.25, -0.2) is 0 Å². The van der Waals surface area contributed by atoms with E-state index in [-0.39, 0.29) is 5.91 Å². The number of nitrogens with zero attached hydrogens (tertiary/aromatic N) is 1. The Morgan fingerprint density at radius 1 is 1.44 bits per heavy atom. The van der Waals surface area contributed by atoms with Gasteiger partial charge in [0.05, 0.1) is 6.26 Å². The minimum atomic E-state index is 0.172. The minimum absolute atomic E-state index is 0.172. The van der Waals surface area contributed by atoms with Gasteiger partial charge < -0.3 is 15.1 Å². The molecule has 0 aliphatic heterocycles. The minimum Gasteiger partial charge on any atom is -0.469 e. The molecule has 0 atom stereocenters. The number of carbonyl (C=O) groups excluding carboxylic acids is 1. The molecule has 0 fully saturated rings. The van der Waals surface area contributed by atoms with Crippen LogP contribution in [0.4, 0.5) is 0 Å². The lowest BCUT2D eigenvalue weighted by atomic mass is 10.1. The Morgan fingerprint density at radius 2 is 2.17 bits per heavy atom. The number of rotatable bonds is 8. The smallest absolute Gasteiger partial charge is 0.223 e. The summed E-state index contributed by atoms with van der Waals surface area (Å²) in [5, 5.41) is 0. The molecule has 0 aliphatic rings. The van der Waals surface area contributed by atoms with Gasteiger partial charge in [0.1, 0.15) is 5.76 Å². The van der Waals surface area contributed by atoms with E-state index in [1.54, 1.807) is 6.26 Å². The standard InChI is InChI=1S/C14H24N2O2/c1-3-12(4-2)16(10-9-15)14(17)8-7-13-6-5-11-18-13/h5-6,11-12H,3-4,7-10,15H2,1-2H3. The average molecular weight is 252 g/mol. The Morgan fingerprint density at radius 3 is 2.67 bits per heavy atom. The molecule has 0 saturated heterocycles. The Balaban J connectivity index is 2.53. The highest BCUT2D eigenvalue weighted by molar-refractivity contribution is 5.76. The van der Waals surface area contributed by atoms with E-state index in [0.717, 1.165) is 18.6 Å². The average Bonchev–Trinajstić information content (AvgIpc) is 2.89. The van der Waals surface area contributed by atoms with Gasteiger partial charge in [0.15, 0.2) is 0 Å². The molecule has 4 heteroatoms. The summed E-state index contributed by atoms with van der Waals surface area (Å²) in [6.45, 7) is 5.38. The van der Waals surface area contributed by atoms with Gasteiger partial charge >= 0.3 is 0 Å². The topological polar surface area (TPSA) is 59.5 Å². The molecule has 1 aromatic heterocycles. The van der Waals surface area contributed by atoms with Crippen molar-refractivity contribution in [3.05, 3.63) is 24.2 Å². The van der Waals surface area contributed by atoms with Gasteiger partial charge in [0.2, 0.25) is 5.91 Å². The van der Waals surface area contributed by atoms with Gasteiger partial charge in [-0.2, -0.15) is 0 Å². The predicted molar refractivity (Wildman–Crippen MR) is 72.2 cm³/mol. The number of aryl methyl sites for hydroxylation is 1. The van der Waals surface area contributed by atoms with Crippen LogP contribution in [-0.4, -0.2) is 29.9 Å². The molecule has 0 aliphatic carbocycles. The summed E-state index contributed by atoms with van der Waals surface area (Å²) in [6, 6.07) is 4.05. The molecule has 1 aromatic rings. The third-order valence-corrected chi connectivity index (χ3v) is 3.24. The number of amides is 1. The molecule has 0 unspecified atom stereocenters. The molecule has 0 aromatic carbocycles. The summed E-state index contributed by atoms with van der Waals surface area (Å²) in [4.78, 5) is 14.1. The summed E-state index contributed by atoms with van der Waals surface area (Å²) < 4.78 is 5.24. The summed E-state index contributed by atoms with van der Waals surface area (Å²) in [7, 11) is 0. The van der Waals surface area contributed by atoms with Crippen LogP contribution in [0.2, 0.25) is 0 Å². The maximum atomic E-state index is 12.2. The fourth-order valence-corrected chi connectivity index (χ4v) is 2.21. The number of hydrogen-bond donors (Lipinski definition) is 1. The Kier molecular flexibility index (Phi) is 6.50. The molecule has 2 N–H and O–H groups in total. The zero-order valence-electron chi connectivity index (χ0n) is 11.4. The van der Waals surface area contributed by atoms with Crippen LogP contribution in [0.1, 0.15) is 38.9 Å². The van der Waals surface area contributed by atoms with Crippen molar-refractivity contribution >= 4 is 5.91 Å². The van der Waals surface area contributed by atoms with Gasteiger partial charge in [0, 0.05) is 32.0 Å². The van der Waals surface area contributed by atoms with Crippen LogP contribution in [0.5, 0.6) is 0 Å². The quantitative estimate of drug-likeness (QED) is 0.771. The van der Waals surface area contributed by atoms with Crippen molar-refractivity contribution in [2.75, 3.05) is 13.1 Å². The maximum absolute atomic E-state index is 12.2. The number of nitrogens with two attached hydrogens (primary N) is 1. The Labute approximate surface area is 109 Å². The zero-order valence-corrected chi connectivity index (χ0v) is 11.4. The summed E-state index contributed by atoms with van der Waals surface area (Å²) in [5.74, 6) is 1.03. The largest absolute Gasteiger partial charge is 0.469 e. The first-order chi connectivity index (χ1) is 8.72. The fourth-order valence-electron chi connectivity index (χ4n) is 2.21. The van der Waals surface area contributed by atoms with Gasteiger partial charge in [-0.15, -0.1) is 0 Å². The van der Waals surface area contributed by atoms with Crippen molar-refractivity contribution in [3.8, 4) is 0 Å². The normalized spacial score (nSPS) is 10.9. The van der Waals surface area contributed by atoms with Gasteiger partial charge in [0.25, 0.3) is 0 Å². The van der Waals surface area contributed by atoms with Crippen molar-refractivity contribution in [2.24, 2.45) is 5.73 Å². The van der Waals surface area contributed by atoms with Crippen LogP contribution in [0.15, 0.2) is 22.8 Å². The molecule has 1 rings (SSSR count). The molecule has 0 radical (unpaired) electrons. The lowest BCUT2D eigenvalue weighted by Crippen LogP contribution is -2.42. The van der Waals surface area contributed by atoms with E-state index < -0.39 is 0 Å². The van der Waals surface area contributed by atoms with Gasteiger partial charge in [-0.1, -0.05) is 13.8 Å². The van der Waals surface area contributed by atoms with Crippen LogP contribution in [-0.2, 0) is 11.2 Å². The van der Waals surface area contributed by atoms with Crippen molar-refractivity contribution in [1.29, 1.82) is 0 Å². The maximum Gasteiger partial charge on any atom is 0.223 e. The third-order valence-electron chi connectivity index (χ3n) is 3.24. The predicted octanol–water partition coefficient (Wildman–Crippen LogP) is 2.19. The number of furan rings is 1. The highest BCUT2D eigenvalue weighted by Gasteiger charge is 2.20. The molecule has 18 heavy (non-hydrogen) atoms. The van der Waals surface area contributed by atoms with Crippen LogP contribution < -0.4 is 5.73 Å². The fraction of sp³-hybridized carbons (Fsp3) is 0.643. The zero-order chi connectivity index (χ0) is 13.4. The van der Waals surface area contributed by atoms with E-state index in [1.807, 2.05) is 17.0 Å². The van der Waals surface area contributed by atoms with Crippen molar-refractivity contribution in [2.45, 2.75) is 45.6 Å². The number of carbonyl (C=O) groups is 1. The highest BCUT2D eigenvalue weighted by Crippen LogP contribution is 2.12. The second-order valence-electron chi connectivity index (χ2n) is 4.43. The molecule has 1 heterocycles. The lowest BCUT2D eigenvalue weighted by Gasteiger charge is -2.30. The Bertz CT molecular complexity index is 332. The van der Waals surface area contributed by atoms with E-state index in [4.69, 9.17) is 10.2 Å². The second-order valence-corrected chi connectivity index (χ2v) is 4.43. The molecular formula is C14H24N2O2. The van der Waals surface area contributed by atoms with Crippen molar-refractivity contribution in [3.63, 3.8) is 0 Å². The molecule has 0 spiro atoms. The van der Waals surface area contributed by atoms with Gasteiger partial charge in [-0.05, 0) is 25.0 Å². The first-order valence-corrected chi connectivity index (χ1v) is 6.74. The van der Waals surface area contributed by atoms with Crippen molar-refractivity contribution in [1.82, 2.24) is 4.90 Å². The molecule has 102 valence electrons. The van der Waals surface area contributed by atoms with Crippen LogP contribution in [0.3, 0.4) is 0 Å². The van der Waals surface area contributed by atoms with Gasteiger partial charge in [-0.3, -0.25) is 4.79 Å². The summed E-state index contributed by atoms with van der Waals surface area (Å²) in [6.07, 6.45) is 4.74. The van der Waals surface area contributed by atoms with E-state index in [1.165, 1.54) is 0 Å². The molecular weight excluding hydrogens is 228 g/mol. The molecule has 0 saturated carbocycles. The van der Waals surface area contributed by atoms with E-state index >= 15 is 0 Å². The molecule has 0 bridgehead atoms. The Hall–Kier alpha value is -1.29. The summed E-state index contributed by atoms with van der Waals surface area (Å²) >= 11 is 0. The molecule has 4 nitrogen and oxygen atoms in total. The van der Waals surface area contributed by atoms with Crippen LogP contribution in [0, 0.1) is 0 Å². The molecule has 1 amide bonds. The van der Waals surface area contributed by atoms with Crippen molar-refractivity contribution < 1.29 is 9.21 Å². The first-order valence-electron chi connectivity index (χ1n) is 6.74. The monoisotopic (exact) mass is 252 g/mol. The lowest BCUT2D eigenvalue weighted by molar-refractivity contribution is -0.133. The van der Waals surface area contributed by atoms with Crippen LogP contribution >= 0.6 is 0 Å². The van der Waals surface area contributed by atoms with E-state index in [2.05, 4.69) is 13.8 Å². The highest BCUT2D eigenvalue weighted by atomic mass is 16.3. The SMILES string of the molecule is CCC(CC)N(CCN)C(=O)CCc1ccco1. The first kappa shape index (κ1) is 14.8. The summed E-state index contributed by atoms with van der Waals surface area (Å²) in [5.41, 5.74) is 5.59. The van der Waals surface area contributed by atoms with E-state index in [9.17, 15) is 4.79 Å². The van der Waals surface area contributed by atoms with Crippen LogP contribution in [0.25, 0.3) is 0 Å². The second kappa shape index (κ2) is 7.93. The third kappa shape index (κ3) is 4.18.